The highest BCUT2D eigenvalue weighted by molar-refractivity contribution is 6.32. The van der Waals surface area contributed by atoms with Crippen LogP contribution in [0.25, 0.3) is 22.2 Å². The van der Waals surface area contributed by atoms with Crippen molar-refractivity contribution in [3.05, 3.63) is 94.4 Å². The predicted molar refractivity (Wildman–Crippen MR) is 276 cm³/mol. The smallest absolute Gasteiger partial charge is 0.407 e. The summed E-state index contributed by atoms with van der Waals surface area (Å²) in [5.41, 5.74) is 2.93. The molecular formula is C55H68ClF2N7O7. The Morgan fingerprint density at radius 3 is 2.31 bits per heavy atom. The topological polar surface area (TPSA) is 141 Å². The highest BCUT2D eigenvalue weighted by atomic mass is 35.5. The molecule has 1 amide bonds. The quantitative estimate of drug-likeness (QED) is 0.0585. The molecule has 0 bridgehead atoms. The molecule has 3 atom stereocenters. The van der Waals surface area contributed by atoms with Crippen LogP contribution in [-0.2, 0) is 33.8 Å². The van der Waals surface area contributed by atoms with Crippen LogP contribution in [0.5, 0.6) is 17.5 Å². The Morgan fingerprint density at radius 2 is 1.64 bits per heavy atom. The molecule has 5 heterocycles. The van der Waals surface area contributed by atoms with Crippen LogP contribution in [0.3, 0.4) is 0 Å². The molecule has 3 saturated heterocycles. The van der Waals surface area contributed by atoms with Gasteiger partial charge in [0.2, 0.25) is 0 Å². The first-order chi connectivity index (χ1) is 34.6. The van der Waals surface area contributed by atoms with E-state index in [4.69, 9.17) is 50.2 Å². The van der Waals surface area contributed by atoms with E-state index in [-0.39, 0.29) is 42.1 Å². The van der Waals surface area contributed by atoms with Gasteiger partial charge in [-0.2, -0.15) is 9.97 Å². The first-order valence-corrected chi connectivity index (χ1v) is 25.5. The second-order valence-corrected chi connectivity index (χ2v) is 20.7. The number of piperidine rings is 1. The molecule has 386 valence electrons. The molecule has 5 aromatic rings. The number of alkyl halides is 1. The normalized spacial score (nSPS) is 19.0. The average molecular weight is 1010 g/mol. The summed E-state index contributed by atoms with van der Waals surface area (Å²) in [4.78, 5) is 45.8. The highest BCUT2D eigenvalue weighted by Crippen LogP contribution is 2.42. The minimum absolute atomic E-state index is 0.00535. The number of benzene rings is 3. The van der Waals surface area contributed by atoms with E-state index < -0.39 is 29.2 Å². The van der Waals surface area contributed by atoms with E-state index in [1.807, 2.05) is 81.4 Å². The van der Waals surface area contributed by atoms with Crippen molar-refractivity contribution in [2.75, 3.05) is 70.5 Å². The number of fused-ring (bicyclic) bond motifs is 2. The van der Waals surface area contributed by atoms with E-state index in [9.17, 15) is 14.0 Å². The van der Waals surface area contributed by atoms with Gasteiger partial charge in [-0.05, 0) is 138 Å². The molecular weight excluding hydrogens is 944 g/mol. The Balaban J connectivity index is 1.20. The molecule has 0 aliphatic carbocycles. The number of nitrogens with one attached hydrogen (secondary N) is 1. The maximum Gasteiger partial charge on any atom is 0.407 e. The zero-order valence-electron chi connectivity index (χ0n) is 42.4. The Morgan fingerprint density at radius 1 is 0.931 bits per heavy atom. The number of unbranched alkanes of at least 4 members (excludes halogenated alkanes) is 1. The Labute approximate surface area is 426 Å². The summed E-state index contributed by atoms with van der Waals surface area (Å²) in [5, 5.41) is 3.73. The molecule has 0 spiro atoms. The van der Waals surface area contributed by atoms with E-state index in [2.05, 4.69) is 20.0 Å². The van der Waals surface area contributed by atoms with E-state index in [1.54, 1.807) is 20.4 Å². The molecule has 8 rings (SSSR count). The number of halogens is 3. The zero-order valence-corrected chi connectivity index (χ0v) is 43.2. The third kappa shape index (κ3) is 12.8. The van der Waals surface area contributed by atoms with Gasteiger partial charge in [0.05, 0.1) is 32.3 Å². The minimum Gasteiger partial charge on any atom is -0.497 e. The Kier molecular flexibility index (Phi) is 16.9. The van der Waals surface area contributed by atoms with Crippen LogP contribution in [0, 0.1) is 11.7 Å². The Bertz CT molecular complexity index is 2620. The van der Waals surface area contributed by atoms with Gasteiger partial charge < -0.3 is 38.8 Å². The van der Waals surface area contributed by atoms with Crippen molar-refractivity contribution in [3.8, 4) is 28.8 Å². The number of carbonyl (C=O) groups is 2. The van der Waals surface area contributed by atoms with Crippen LogP contribution in [-0.4, -0.2) is 110 Å². The number of esters is 1. The third-order valence-electron chi connectivity index (χ3n) is 14.1. The molecule has 3 aliphatic rings. The lowest BCUT2D eigenvalue weighted by Crippen LogP contribution is -2.43. The molecule has 17 heteroatoms. The number of methoxy groups -OCH3 is 3. The summed E-state index contributed by atoms with van der Waals surface area (Å²) >= 11 is 7.34. The van der Waals surface area contributed by atoms with Crippen molar-refractivity contribution in [1.29, 1.82) is 0 Å². The number of hydrogen-bond donors (Lipinski definition) is 1. The summed E-state index contributed by atoms with van der Waals surface area (Å²) in [7, 11) is 4.63. The number of alkyl carbamates (subject to hydrolysis) is 1. The van der Waals surface area contributed by atoms with Crippen LogP contribution in [0.1, 0.15) is 95.2 Å². The summed E-state index contributed by atoms with van der Waals surface area (Å²) in [6, 6.07) is 19.6. The van der Waals surface area contributed by atoms with Crippen molar-refractivity contribution in [2.45, 2.75) is 115 Å². The van der Waals surface area contributed by atoms with Crippen LogP contribution in [0.15, 0.2) is 66.9 Å². The van der Waals surface area contributed by atoms with Crippen LogP contribution in [0.2, 0.25) is 5.02 Å². The number of nitrogens with zero attached hydrogens (tertiary/aromatic N) is 6. The van der Waals surface area contributed by atoms with E-state index in [0.717, 1.165) is 60.5 Å². The minimum atomic E-state index is -0.955. The zero-order chi connectivity index (χ0) is 51.0. The molecule has 1 unspecified atom stereocenters. The van der Waals surface area contributed by atoms with Gasteiger partial charge in [-0.1, -0.05) is 35.9 Å². The van der Waals surface area contributed by atoms with Gasteiger partial charge in [0.25, 0.3) is 0 Å². The maximum atomic E-state index is 18.1. The molecule has 0 radical (unpaired) electrons. The van der Waals surface area contributed by atoms with Crippen molar-refractivity contribution >= 4 is 46.1 Å². The van der Waals surface area contributed by atoms with Gasteiger partial charge in [-0.3, -0.25) is 14.7 Å². The maximum absolute atomic E-state index is 18.1. The van der Waals surface area contributed by atoms with Crippen molar-refractivity contribution in [3.63, 3.8) is 0 Å². The summed E-state index contributed by atoms with van der Waals surface area (Å²) in [5.74, 6) is 1.18. The standard InChI is InChI=1S/C55H68ClF2N7O7/c1-54(2,3)72-53(67)59-24-22-36-11-9-25-63(31-36)51-45-30-60-49(48(58)50(45)61-52(62-51)71-35-55-23-10-26-65(55)34-39(57)29-55)44-27-40(28-46(56)43(44)12-7-8-13-47(66)70-6)64(32-37-14-18-41(68-4)19-15-37)33-38-16-20-42(69-5)21-17-38/h14-21,27-28,30,36,39H,7-13,22-26,29,31-35H2,1-6H3,(H,59,67)/t36?,39-,55+/m1/s1. The number of anilines is 2. The Hall–Kier alpha value is -6.00. The molecule has 14 nitrogen and oxygen atoms in total. The fourth-order valence-electron chi connectivity index (χ4n) is 10.4. The lowest BCUT2D eigenvalue weighted by Gasteiger charge is -2.34. The van der Waals surface area contributed by atoms with E-state index >= 15 is 4.39 Å². The number of amides is 1. The second kappa shape index (κ2) is 23.3. The van der Waals surface area contributed by atoms with E-state index in [1.165, 1.54) is 7.11 Å². The van der Waals surface area contributed by atoms with Gasteiger partial charge in [-0.15, -0.1) is 0 Å². The molecule has 3 aliphatic heterocycles. The molecule has 72 heavy (non-hydrogen) atoms. The number of aromatic nitrogens is 3. The van der Waals surface area contributed by atoms with Gasteiger partial charge >= 0.3 is 18.1 Å². The first kappa shape index (κ1) is 52.3. The largest absolute Gasteiger partial charge is 0.497 e. The third-order valence-corrected chi connectivity index (χ3v) is 14.4. The number of pyridine rings is 1. The molecule has 0 saturated carbocycles. The first-order valence-electron chi connectivity index (χ1n) is 25.1. The SMILES string of the molecule is COC(=O)CCCCc1c(Cl)cc(N(Cc2ccc(OC)cc2)Cc2ccc(OC)cc2)cc1-c1ncc2c(N3CCCC(CCNC(=O)OC(C)(C)C)C3)nc(OC[C@@]34CCCN3C[C@H](F)C4)nc2c1F. The number of ether oxygens (including phenoxy) is 5. The van der Waals surface area contributed by atoms with Crippen LogP contribution < -0.4 is 29.3 Å². The number of hydrogen-bond acceptors (Lipinski definition) is 13. The van der Waals surface area contributed by atoms with Gasteiger partial charge in [0.1, 0.15) is 46.9 Å². The van der Waals surface area contributed by atoms with Crippen LogP contribution in [0.4, 0.5) is 25.1 Å². The van der Waals surface area contributed by atoms with E-state index in [0.29, 0.717) is 98.7 Å². The molecule has 2 aromatic heterocycles. The molecule has 3 aromatic carbocycles. The predicted octanol–water partition coefficient (Wildman–Crippen LogP) is 10.7. The monoisotopic (exact) mass is 1010 g/mol. The van der Waals surface area contributed by atoms with Crippen LogP contribution >= 0.6 is 11.6 Å². The number of rotatable bonds is 20. The lowest BCUT2D eigenvalue weighted by molar-refractivity contribution is -0.140. The van der Waals surface area contributed by atoms with Crippen molar-refractivity contribution < 1.29 is 42.1 Å². The van der Waals surface area contributed by atoms with Crippen molar-refractivity contribution in [1.82, 2.24) is 25.2 Å². The lowest BCUT2D eigenvalue weighted by atomic mass is 9.94. The van der Waals surface area contributed by atoms with Crippen molar-refractivity contribution in [2.24, 2.45) is 5.92 Å². The molecule has 1 N–H and O–H groups in total. The highest BCUT2D eigenvalue weighted by Gasteiger charge is 2.49. The van der Waals surface area contributed by atoms with Gasteiger partial charge in [-0.25, -0.2) is 13.6 Å². The fraction of sp³-hybridized carbons (Fsp3) is 0.509. The summed E-state index contributed by atoms with van der Waals surface area (Å²) in [6.45, 7) is 9.44. The average Bonchev–Trinajstić information content (AvgIpc) is 3.90. The number of carbonyl (C=O) groups excluding carboxylic acids is 2. The summed E-state index contributed by atoms with van der Waals surface area (Å²) < 4.78 is 60.8. The van der Waals surface area contributed by atoms with Gasteiger partial charge in [0.15, 0.2) is 5.82 Å². The summed E-state index contributed by atoms with van der Waals surface area (Å²) in [6.07, 6.45) is 6.55. The molecule has 3 fully saturated rings. The van der Waals surface area contributed by atoms with Gasteiger partial charge in [0, 0.05) is 74.6 Å². The second-order valence-electron chi connectivity index (χ2n) is 20.3. The fourth-order valence-corrected chi connectivity index (χ4v) is 10.7.